The molecule has 0 amide bonds. The van der Waals surface area contributed by atoms with Crippen LogP contribution in [0, 0.1) is 5.92 Å². The maximum absolute atomic E-state index is 10.9. The van der Waals surface area contributed by atoms with Crippen molar-refractivity contribution < 1.29 is 9.90 Å². The molecule has 1 saturated heterocycles. The molecule has 1 aliphatic rings. The molecule has 4 heteroatoms. The summed E-state index contributed by atoms with van der Waals surface area (Å²) in [4.78, 5) is 13.1. The number of rotatable bonds is 4. The summed E-state index contributed by atoms with van der Waals surface area (Å²) in [6.07, 6.45) is 1.69. The number of aryl methyl sites for hydroxylation is 1. The fraction of sp³-hybridized carbons (Fsp3) is 0.500. The summed E-state index contributed by atoms with van der Waals surface area (Å²) in [5, 5.41) is 9.79. The monoisotopic (exact) mass is 267 g/mol. The molecule has 3 nitrogen and oxygen atoms in total. The molecule has 1 atom stereocenters. The Morgan fingerprint density at radius 2 is 2.33 bits per heavy atom. The van der Waals surface area contributed by atoms with E-state index in [1.807, 2.05) is 12.1 Å². The van der Waals surface area contributed by atoms with Crippen LogP contribution in [0.25, 0.3) is 0 Å². The van der Waals surface area contributed by atoms with Crippen molar-refractivity contribution in [2.45, 2.75) is 26.3 Å². The van der Waals surface area contributed by atoms with Crippen molar-refractivity contribution in [3.8, 4) is 0 Å². The first-order valence-electron chi connectivity index (χ1n) is 6.33. The van der Waals surface area contributed by atoms with E-state index in [1.165, 1.54) is 5.56 Å². The second-order valence-corrected chi connectivity index (χ2v) is 5.20. The minimum atomic E-state index is -0.688. The summed E-state index contributed by atoms with van der Waals surface area (Å²) >= 11 is 6.24. The zero-order valence-corrected chi connectivity index (χ0v) is 11.3. The second kappa shape index (κ2) is 5.72. The highest BCUT2D eigenvalue weighted by Gasteiger charge is 2.28. The van der Waals surface area contributed by atoms with Crippen LogP contribution in [-0.2, 0) is 17.8 Å². The van der Waals surface area contributed by atoms with Crippen molar-refractivity contribution in [1.82, 2.24) is 4.90 Å². The normalized spacial score (nSPS) is 20.2. The molecule has 1 aliphatic heterocycles. The van der Waals surface area contributed by atoms with Gasteiger partial charge >= 0.3 is 5.97 Å². The van der Waals surface area contributed by atoms with Crippen LogP contribution in [0.15, 0.2) is 18.2 Å². The first-order chi connectivity index (χ1) is 8.61. The molecule has 0 radical (unpaired) electrons. The highest BCUT2D eigenvalue weighted by Crippen LogP contribution is 2.25. The minimum Gasteiger partial charge on any atom is -0.481 e. The van der Waals surface area contributed by atoms with Crippen LogP contribution < -0.4 is 0 Å². The molecular weight excluding hydrogens is 250 g/mol. The number of aliphatic carboxylic acids is 1. The largest absolute Gasteiger partial charge is 0.481 e. The third kappa shape index (κ3) is 2.85. The second-order valence-electron chi connectivity index (χ2n) is 4.79. The Labute approximate surface area is 112 Å². The lowest BCUT2D eigenvalue weighted by molar-refractivity contribution is -0.141. The van der Waals surface area contributed by atoms with Crippen LogP contribution in [0.1, 0.15) is 24.5 Å². The van der Waals surface area contributed by atoms with Gasteiger partial charge in [-0.3, -0.25) is 9.69 Å². The summed E-state index contributed by atoms with van der Waals surface area (Å²) in [6.45, 7) is 4.33. The van der Waals surface area contributed by atoms with E-state index in [0.29, 0.717) is 6.54 Å². The van der Waals surface area contributed by atoms with Crippen molar-refractivity contribution in [2.75, 3.05) is 13.1 Å². The average molecular weight is 268 g/mol. The van der Waals surface area contributed by atoms with Crippen molar-refractivity contribution in [2.24, 2.45) is 5.92 Å². The highest BCUT2D eigenvalue weighted by atomic mass is 35.5. The Morgan fingerprint density at radius 1 is 1.56 bits per heavy atom. The first-order valence-corrected chi connectivity index (χ1v) is 6.71. The summed E-state index contributed by atoms with van der Waals surface area (Å²) in [7, 11) is 0. The topological polar surface area (TPSA) is 40.5 Å². The highest BCUT2D eigenvalue weighted by molar-refractivity contribution is 6.31. The van der Waals surface area contributed by atoms with Crippen molar-refractivity contribution in [3.05, 3.63) is 34.3 Å². The third-order valence-electron chi connectivity index (χ3n) is 3.60. The molecule has 2 rings (SSSR count). The van der Waals surface area contributed by atoms with E-state index in [9.17, 15) is 4.79 Å². The standard InChI is InChI=1S/C14H18ClNO2/c1-2-10-4-3-5-13(15)12(10)9-16-7-6-11(8-16)14(17)18/h3-5,11H,2,6-9H2,1H3,(H,17,18). The van der Waals surface area contributed by atoms with Crippen LogP contribution in [0.4, 0.5) is 0 Å². The minimum absolute atomic E-state index is 0.224. The molecule has 1 unspecified atom stereocenters. The lowest BCUT2D eigenvalue weighted by Crippen LogP contribution is -2.23. The Bertz CT molecular complexity index is 447. The predicted molar refractivity (Wildman–Crippen MR) is 71.8 cm³/mol. The van der Waals surface area contributed by atoms with Crippen molar-refractivity contribution >= 4 is 17.6 Å². The van der Waals surface area contributed by atoms with Crippen LogP contribution in [0.3, 0.4) is 0 Å². The van der Waals surface area contributed by atoms with Crippen LogP contribution in [0.5, 0.6) is 0 Å². The predicted octanol–water partition coefficient (Wildman–Crippen LogP) is 2.81. The SMILES string of the molecule is CCc1cccc(Cl)c1CN1CCC(C(=O)O)C1. The number of carboxylic acid groups (broad SMARTS) is 1. The van der Waals surface area contributed by atoms with Gasteiger partial charge in [-0.25, -0.2) is 0 Å². The van der Waals surface area contributed by atoms with E-state index < -0.39 is 5.97 Å². The average Bonchev–Trinajstić information content (AvgIpc) is 2.80. The number of halogens is 1. The quantitative estimate of drug-likeness (QED) is 0.912. The molecule has 0 bridgehead atoms. The molecule has 98 valence electrons. The van der Waals surface area contributed by atoms with E-state index in [4.69, 9.17) is 16.7 Å². The lowest BCUT2D eigenvalue weighted by atomic mass is 10.0. The van der Waals surface area contributed by atoms with Gasteiger partial charge < -0.3 is 5.11 Å². The van der Waals surface area contributed by atoms with Gasteiger partial charge in [0.15, 0.2) is 0 Å². The molecule has 0 aliphatic carbocycles. The van der Waals surface area contributed by atoms with Crippen molar-refractivity contribution in [3.63, 3.8) is 0 Å². The van der Waals surface area contributed by atoms with E-state index >= 15 is 0 Å². The van der Waals surface area contributed by atoms with Gasteiger partial charge in [0.1, 0.15) is 0 Å². The molecule has 1 aromatic rings. The molecule has 0 spiro atoms. The van der Waals surface area contributed by atoms with Gasteiger partial charge in [-0.05, 0) is 36.6 Å². The van der Waals surface area contributed by atoms with Gasteiger partial charge in [0, 0.05) is 18.1 Å². The molecule has 1 aromatic carbocycles. The maximum Gasteiger partial charge on any atom is 0.307 e. The molecule has 1 fully saturated rings. The van der Waals surface area contributed by atoms with Gasteiger partial charge in [-0.2, -0.15) is 0 Å². The number of carbonyl (C=O) groups is 1. The molecule has 0 aromatic heterocycles. The van der Waals surface area contributed by atoms with Gasteiger partial charge in [0.05, 0.1) is 5.92 Å². The maximum atomic E-state index is 10.9. The van der Waals surface area contributed by atoms with Gasteiger partial charge in [-0.1, -0.05) is 30.7 Å². The summed E-state index contributed by atoms with van der Waals surface area (Å²) in [6, 6.07) is 5.96. The Balaban J connectivity index is 2.09. The fourth-order valence-electron chi connectivity index (χ4n) is 2.51. The number of hydrogen-bond donors (Lipinski definition) is 1. The zero-order chi connectivity index (χ0) is 13.1. The van der Waals surface area contributed by atoms with E-state index in [-0.39, 0.29) is 5.92 Å². The fourth-order valence-corrected chi connectivity index (χ4v) is 2.77. The van der Waals surface area contributed by atoms with E-state index in [2.05, 4.69) is 17.9 Å². The molecule has 1 N–H and O–H groups in total. The number of nitrogens with zero attached hydrogens (tertiary/aromatic N) is 1. The number of likely N-dealkylation sites (tertiary alicyclic amines) is 1. The molecule has 1 heterocycles. The number of benzene rings is 1. The first kappa shape index (κ1) is 13.4. The Kier molecular flexibility index (Phi) is 4.25. The van der Waals surface area contributed by atoms with Crippen molar-refractivity contribution in [1.29, 1.82) is 0 Å². The van der Waals surface area contributed by atoms with E-state index in [1.54, 1.807) is 0 Å². The van der Waals surface area contributed by atoms with Crippen LogP contribution in [-0.4, -0.2) is 29.1 Å². The summed E-state index contributed by atoms with van der Waals surface area (Å²) in [5.41, 5.74) is 2.40. The van der Waals surface area contributed by atoms with Gasteiger partial charge in [0.2, 0.25) is 0 Å². The Morgan fingerprint density at radius 3 is 2.94 bits per heavy atom. The molecular formula is C14H18ClNO2. The number of hydrogen-bond acceptors (Lipinski definition) is 2. The van der Waals surface area contributed by atoms with Gasteiger partial charge in [-0.15, -0.1) is 0 Å². The van der Waals surface area contributed by atoms with Crippen LogP contribution in [0.2, 0.25) is 5.02 Å². The zero-order valence-electron chi connectivity index (χ0n) is 10.5. The lowest BCUT2D eigenvalue weighted by Gasteiger charge is -2.18. The third-order valence-corrected chi connectivity index (χ3v) is 3.95. The van der Waals surface area contributed by atoms with Gasteiger partial charge in [0.25, 0.3) is 0 Å². The van der Waals surface area contributed by atoms with E-state index in [0.717, 1.165) is 36.5 Å². The summed E-state index contributed by atoms with van der Waals surface area (Å²) < 4.78 is 0. The molecule has 0 saturated carbocycles. The Hall–Kier alpha value is -1.06. The summed E-state index contributed by atoms with van der Waals surface area (Å²) in [5.74, 6) is -0.912. The smallest absolute Gasteiger partial charge is 0.307 e. The molecule has 18 heavy (non-hydrogen) atoms. The van der Waals surface area contributed by atoms with Crippen LogP contribution >= 0.6 is 11.6 Å². The number of carboxylic acids is 1.